The molecule has 14 valence electrons. The molecule has 0 amide bonds. The van der Waals surface area contributed by atoms with Crippen LogP contribution in [0.2, 0.25) is 0 Å². The average molecular weight is 92.0 g/mol. The summed E-state index contributed by atoms with van der Waals surface area (Å²) >= 11 is 0. The molecular weight excluding hydrogens is 88.0 g/mol. The molecule has 0 saturated heterocycles. The van der Waals surface area contributed by atoms with Gasteiger partial charge in [-0.05, 0) is 0 Å². The van der Waals surface area contributed by atoms with Crippen LogP contribution in [0, 0.1) is 0 Å². The third kappa shape index (κ3) is 8.87. The van der Waals surface area contributed by atoms with Crippen LogP contribution in [-0.4, -0.2) is 88.7 Å². The van der Waals surface area contributed by atoms with E-state index in [0.29, 0.717) is 0 Å². The Morgan fingerprint density at radius 1 is 0.500 bits per heavy atom. The van der Waals surface area contributed by atoms with Crippen molar-refractivity contribution in [1.29, 1.82) is 0 Å². The van der Waals surface area contributed by atoms with Crippen molar-refractivity contribution in [3.8, 4) is 0 Å². The van der Waals surface area contributed by atoms with E-state index in [1.54, 1.807) is 0 Å². The van der Waals surface area contributed by atoms with E-state index in [4.69, 9.17) is 0 Å². The molecule has 0 aliphatic carbocycles. The molecule has 0 aliphatic rings. The minimum atomic E-state index is 0. The van der Waals surface area contributed by atoms with Crippen molar-refractivity contribution in [2.24, 2.45) is 0 Å². The van der Waals surface area contributed by atoms with Crippen molar-refractivity contribution in [3.63, 3.8) is 0 Å². The van der Waals surface area contributed by atoms with Crippen molar-refractivity contribution in [2.75, 3.05) is 0 Å². The van der Waals surface area contributed by atoms with Gasteiger partial charge in [0.2, 0.25) is 0 Å². The predicted molar refractivity (Wildman–Crippen MR) is 23.9 cm³/mol. The van der Waals surface area contributed by atoms with Crippen molar-refractivity contribution in [1.82, 2.24) is 0 Å². The first kappa shape index (κ1) is 28.4. The van der Waals surface area contributed by atoms with Gasteiger partial charge in [-0.15, -0.1) is 0 Å². The SMILES string of the molecule is F.[NaH].[NaH].[NaH]. The van der Waals surface area contributed by atoms with Crippen molar-refractivity contribution in [2.45, 2.75) is 0 Å². The maximum atomic E-state index is 0. The summed E-state index contributed by atoms with van der Waals surface area (Å²) in [6.07, 6.45) is 0. The minimum absolute atomic E-state index is 0. The molecule has 0 N–H and O–H groups in total. The zero-order valence-corrected chi connectivity index (χ0v) is 0.408. The Balaban J connectivity index is 0. The Hall–Kier alpha value is 2.93. The van der Waals surface area contributed by atoms with Crippen LogP contribution in [0.4, 0.5) is 4.70 Å². The zero-order valence-electron chi connectivity index (χ0n) is 0.408. The fraction of sp³-hybridized carbons (Fsp3) is 0. The van der Waals surface area contributed by atoms with E-state index in [-0.39, 0.29) is 93.4 Å². The van der Waals surface area contributed by atoms with Crippen LogP contribution in [0.3, 0.4) is 0 Å². The summed E-state index contributed by atoms with van der Waals surface area (Å²) < 4.78 is 0. The summed E-state index contributed by atoms with van der Waals surface area (Å²) in [5.41, 5.74) is 0. The molecule has 0 unspecified atom stereocenters. The van der Waals surface area contributed by atoms with Gasteiger partial charge in [0.25, 0.3) is 0 Å². The number of hydrogen-bond acceptors (Lipinski definition) is 0. The second-order valence-electron chi connectivity index (χ2n) is 0. The van der Waals surface area contributed by atoms with Gasteiger partial charge in [-0.25, -0.2) is 0 Å². The van der Waals surface area contributed by atoms with E-state index in [1.165, 1.54) is 0 Å². The molecule has 4 heteroatoms. The van der Waals surface area contributed by atoms with E-state index in [1.807, 2.05) is 0 Å². The molecule has 4 heavy (non-hydrogen) atoms. The van der Waals surface area contributed by atoms with Crippen molar-refractivity contribution in [3.05, 3.63) is 0 Å². The first-order valence-corrected chi connectivity index (χ1v) is 0. The molecule has 0 spiro atoms. The summed E-state index contributed by atoms with van der Waals surface area (Å²) in [4.78, 5) is 0. The Bertz CT molecular complexity index is 3.25. The van der Waals surface area contributed by atoms with Crippen LogP contribution < -0.4 is 0 Å². The van der Waals surface area contributed by atoms with Gasteiger partial charge in [0.1, 0.15) is 0 Å². The maximum absolute atomic E-state index is 0. The topological polar surface area (TPSA) is 0 Å². The molecule has 0 saturated carbocycles. The standard InChI is InChI=1S/FH.3Na.3H/h1H;;;;;;. The monoisotopic (exact) mass is 92.0 g/mol. The van der Waals surface area contributed by atoms with Crippen LogP contribution in [0.15, 0.2) is 0 Å². The van der Waals surface area contributed by atoms with Gasteiger partial charge in [0, 0.05) is 0 Å². The van der Waals surface area contributed by atoms with E-state index < -0.39 is 0 Å². The van der Waals surface area contributed by atoms with Gasteiger partial charge >= 0.3 is 88.7 Å². The van der Waals surface area contributed by atoms with E-state index in [9.17, 15) is 0 Å². The van der Waals surface area contributed by atoms with Gasteiger partial charge in [-0.1, -0.05) is 0 Å². The summed E-state index contributed by atoms with van der Waals surface area (Å²) in [6.45, 7) is 0. The van der Waals surface area contributed by atoms with Crippen molar-refractivity contribution < 1.29 is 4.70 Å². The Morgan fingerprint density at radius 3 is 0.500 bits per heavy atom. The van der Waals surface area contributed by atoms with Gasteiger partial charge < -0.3 is 0 Å². The number of halogens is 1. The van der Waals surface area contributed by atoms with Gasteiger partial charge in [0.05, 0.1) is 0 Å². The summed E-state index contributed by atoms with van der Waals surface area (Å²) in [7, 11) is 0. The molecule has 0 bridgehead atoms. The number of hydrogen-bond donors (Lipinski definition) is 0. The molecule has 0 aliphatic heterocycles. The Morgan fingerprint density at radius 2 is 0.500 bits per heavy atom. The fourth-order valence-electron chi connectivity index (χ4n) is 0. The number of rotatable bonds is 0. The third-order valence-corrected chi connectivity index (χ3v) is 0. The van der Waals surface area contributed by atoms with Gasteiger partial charge in [-0.3, -0.25) is 4.70 Å². The summed E-state index contributed by atoms with van der Waals surface area (Å²) in [6, 6.07) is 0. The van der Waals surface area contributed by atoms with E-state index in [2.05, 4.69) is 0 Å². The third-order valence-electron chi connectivity index (χ3n) is 0. The summed E-state index contributed by atoms with van der Waals surface area (Å²) in [5.74, 6) is 0. The van der Waals surface area contributed by atoms with Crippen LogP contribution >= 0.6 is 0 Å². The van der Waals surface area contributed by atoms with Gasteiger partial charge in [-0.2, -0.15) is 0 Å². The first-order chi connectivity index (χ1) is 0. The molecule has 0 nitrogen and oxygen atoms in total. The summed E-state index contributed by atoms with van der Waals surface area (Å²) in [5, 5.41) is 0. The predicted octanol–water partition coefficient (Wildman–Crippen LogP) is -1.79. The molecule has 0 aromatic carbocycles. The quantitative estimate of drug-likeness (QED) is 0.309. The van der Waals surface area contributed by atoms with Crippen molar-refractivity contribution >= 4 is 88.7 Å². The molecule has 0 radical (unpaired) electrons. The van der Waals surface area contributed by atoms with Crippen LogP contribution in [0.1, 0.15) is 0 Å². The van der Waals surface area contributed by atoms with Crippen LogP contribution in [0.5, 0.6) is 0 Å². The Kier molecular flexibility index (Phi) is 119. The molecule has 0 rings (SSSR count). The molecule has 0 aromatic rings. The first-order valence-electron chi connectivity index (χ1n) is 0. The van der Waals surface area contributed by atoms with Crippen LogP contribution in [0.25, 0.3) is 0 Å². The van der Waals surface area contributed by atoms with E-state index in [0.717, 1.165) is 0 Å². The molecule has 0 fully saturated rings. The molecular formula is H4FNa3. The second kappa shape index (κ2) is 16.8. The second-order valence-corrected chi connectivity index (χ2v) is 0. The van der Waals surface area contributed by atoms with E-state index >= 15 is 0 Å². The van der Waals surface area contributed by atoms with Gasteiger partial charge in [0.15, 0.2) is 0 Å². The Labute approximate surface area is 91.3 Å². The molecule has 0 aromatic heterocycles. The zero-order chi connectivity index (χ0) is 0. The normalized spacial score (nSPS) is 0. The average Bonchev–Trinajstić information content (AvgIpc) is 0. The molecule has 0 heterocycles. The van der Waals surface area contributed by atoms with Crippen LogP contribution in [-0.2, 0) is 0 Å². The fourth-order valence-corrected chi connectivity index (χ4v) is 0. The molecule has 0 atom stereocenters.